The predicted octanol–water partition coefficient (Wildman–Crippen LogP) is 2.37. The number of carbonyl (C=O) groups is 1. The topological polar surface area (TPSA) is 52.6 Å². The minimum atomic E-state index is -0.0686. The average Bonchev–Trinajstić information content (AvgIpc) is 2.88. The van der Waals surface area contributed by atoms with Crippen LogP contribution in [-0.2, 0) is 0 Å². The Balaban J connectivity index is 2.29. The number of amides is 1. The molecule has 1 saturated heterocycles. The molecule has 1 aliphatic rings. The number of aliphatic hydroxyl groups excluding tert-OH is 1. The number of anilines is 1. The smallest absolute Gasteiger partial charge is 0.256 e. The van der Waals surface area contributed by atoms with Gasteiger partial charge in [-0.2, -0.15) is 0 Å². The molecule has 104 valence electrons. The highest BCUT2D eigenvalue weighted by atomic mass is 35.5. The van der Waals surface area contributed by atoms with E-state index in [-0.39, 0.29) is 18.6 Å². The SMILES string of the molecule is CCNc1ccc(Cl)cc1C(=O)N1CCCC1CO. The van der Waals surface area contributed by atoms with Crippen molar-refractivity contribution in [2.24, 2.45) is 0 Å². The number of nitrogens with one attached hydrogen (secondary N) is 1. The normalized spacial score (nSPS) is 18.7. The van der Waals surface area contributed by atoms with Crippen LogP contribution in [0.25, 0.3) is 0 Å². The van der Waals surface area contributed by atoms with Crippen molar-refractivity contribution in [1.29, 1.82) is 0 Å². The van der Waals surface area contributed by atoms with Crippen molar-refractivity contribution in [1.82, 2.24) is 4.90 Å². The molecule has 1 aromatic rings. The molecule has 1 amide bonds. The van der Waals surface area contributed by atoms with Crippen LogP contribution >= 0.6 is 11.6 Å². The molecule has 1 unspecified atom stereocenters. The third-order valence-corrected chi connectivity index (χ3v) is 3.66. The van der Waals surface area contributed by atoms with E-state index in [4.69, 9.17) is 11.6 Å². The van der Waals surface area contributed by atoms with E-state index in [0.717, 1.165) is 25.1 Å². The van der Waals surface area contributed by atoms with E-state index in [2.05, 4.69) is 5.32 Å². The molecular weight excluding hydrogens is 264 g/mol. The molecule has 0 spiro atoms. The Bertz CT molecular complexity index is 465. The van der Waals surface area contributed by atoms with Crippen molar-refractivity contribution in [3.63, 3.8) is 0 Å². The Morgan fingerprint density at radius 1 is 1.58 bits per heavy atom. The zero-order chi connectivity index (χ0) is 13.8. The number of benzene rings is 1. The summed E-state index contributed by atoms with van der Waals surface area (Å²) in [5, 5.41) is 13.0. The molecule has 0 saturated carbocycles. The fourth-order valence-electron chi connectivity index (χ4n) is 2.49. The van der Waals surface area contributed by atoms with Crippen molar-refractivity contribution in [3.05, 3.63) is 28.8 Å². The van der Waals surface area contributed by atoms with Gasteiger partial charge in [0.15, 0.2) is 0 Å². The van der Waals surface area contributed by atoms with Gasteiger partial charge in [0.25, 0.3) is 5.91 Å². The molecule has 19 heavy (non-hydrogen) atoms. The zero-order valence-corrected chi connectivity index (χ0v) is 11.8. The quantitative estimate of drug-likeness (QED) is 0.891. The van der Waals surface area contributed by atoms with E-state index in [1.54, 1.807) is 17.0 Å². The van der Waals surface area contributed by atoms with Crippen LogP contribution in [0.3, 0.4) is 0 Å². The first-order chi connectivity index (χ1) is 9.17. The summed E-state index contributed by atoms with van der Waals surface area (Å²) in [6.45, 7) is 3.44. The Labute approximate surface area is 118 Å². The number of likely N-dealkylation sites (tertiary alicyclic amines) is 1. The number of halogens is 1. The minimum absolute atomic E-state index is 0.0167. The first kappa shape index (κ1) is 14.2. The van der Waals surface area contributed by atoms with Crippen molar-refractivity contribution in [3.8, 4) is 0 Å². The summed E-state index contributed by atoms with van der Waals surface area (Å²) in [7, 11) is 0. The lowest BCUT2D eigenvalue weighted by atomic mass is 10.1. The van der Waals surface area contributed by atoms with Gasteiger partial charge in [-0.1, -0.05) is 11.6 Å². The lowest BCUT2D eigenvalue weighted by Crippen LogP contribution is -2.37. The number of carbonyl (C=O) groups excluding carboxylic acids is 1. The first-order valence-corrected chi connectivity index (χ1v) is 7.00. The highest BCUT2D eigenvalue weighted by Gasteiger charge is 2.29. The maximum absolute atomic E-state index is 12.6. The van der Waals surface area contributed by atoms with Crippen LogP contribution < -0.4 is 5.32 Å². The van der Waals surface area contributed by atoms with Crippen LogP contribution in [0.2, 0.25) is 5.02 Å². The largest absolute Gasteiger partial charge is 0.394 e. The Hall–Kier alpha value is -1.26. The molecule has 2 rings (SSSR count). The maximum atomic E-state index is 12.6. The van der Waals surface area contributed by atoms with Crippen LogP contribution in [0.5, 0.6) is 0 Å². The third kappa shape index (κ3) is 3.01. The van der Waals surface area contributed by atoms with Crippen molar-refractivity contribution < 1.29 is 9.90 Å². The number of aliphatic hydroxyl groups is 1. The van der Waals surface area contributed by atoms with Crippen LogP contribution in [0, 0.1) is 0 Å². The fourth-order valence-corrected chi connectivity index (χ4v) is 2.66. The van der Waals surface area contributed by atoms with Gasteiger partial charge in [0.1, 0.15) is 0 Å². The zero-order valence-electron chi connectivity index (χ0n) is 11.0. The molecule has 0 aliphatic carbocycles. The van der Waals surface area contributed by atoms with Gasteiger partial charge in [-0.15, -0.1) is 0 Å². The molecule has 4 nitrogen and oxygen atoms in total. The summed E-state index contributed by atoms with van der Waals surface area (Å²) in [6.07, 6.45) is 1.80. The summed E-state index contributed by atoms with van der Waals surface area (Å²) in [5.74, 6) is -0.0602. The van der Waals surface area contributed by atoms with Crippen LogP contribution in [0.15, 0.2) is 18.2 Å². The van der Waals surface area contributed by atoms with Gasteiger partial charge in [0, 0.05) is 23.8 Å². The van der Waals surface area contributed by atoms with E-state index < -0.39 is 0 Å². The monoisotopic (exact) mass is 282 g/mol. The van der Waals surface area contributed by atoms with Crippen molar-refractivity contribution in [2.45, 2.75) is 25.8 Å². The molecule has 1 aromatic carbocycles. The van der Waals surface area contributed by atoms with Gasteiger partial charge in [-0.3, -0.25) is 4.79 Å². The van der Waals surface area contributed by atoms with Gasteiger partial charge in [-0.05, 0) is 38.0 Å². The fraction of sp³-hybridized carbons (Fsp3) is 0.500. The van der Waals surface area contributed by atoms with Gasteiger partial charge >= 0.3 is 0 Å². The molecule has 1 atom stereocenters. The van der Waals surface area contributed by atoms with E-state index in [0.29, 0.717) is 17.1 Å². The van der Waals surface area contributed by atoms with Gasteiger partial charge < -0.3 is 15.3 Å². The molecule has 1 fully saturated rings. The molecule has 5 heteroatoms. The number of hydrogen-bond acceptors (Lipinski definition) is 3. The molecule has 0 aromatic heterocycles. The first-order valence-electron chi connectivity index (χ1n) is 6.62. The summed E-state index contributed by atoms with van der Waals surface area (Å²) >= 11 is 5.99. The maximum Gasteiger partial charge on any atom is 0.256 e. The number of hydrogen-bond donors (Lipinski definition) is 2. The van der Waals surface area contributed by atoms with E-state index in [1.165, 1.54) is 0 Å². The minimum Gasteiger partial charge on any atom is -0.394 e. The second-order valence-electron chi connectivity index (χ2n) is 4.70. The Kier molecular flexibility index (Phi) is 4.66. The second-order valence-corrected chi connectivity index (χ2v) is 5.13. The third-order valence-electron chi connectivity index (χ3n) is 3.43. The lowest BCUT2D eigenvalue weighted by Gasteiger charge is -2.24. The highest BCUT2D eigenvalue weighted by Crippen LogP contribution is 2.26. The number of nitrogens with zero attached hydrogens (tertiary/aromatic N) is 1. The summed E-state index contributed by atoms with van der Waals surface area (Å²) < 4.78 is 0. The van der Waals surface area contributed by atoms with Crippen LogP contribution in [0.1, 0.15) is 30.1 Å². The molecular formula is C14H19ClN2O2. The van der Waals surface area contributed by atoms with Crippen LogP contribution in [-0.4, -0.2) is 41.7 Å². The standard InChI is InChI=1S/C14H19ClN2O2/c1-2-16-13-6-5-10(15)8-12(13)14(19)17-7-3-4-11(17)9-18/h5-6,8,11,16,18H,2-4,7,9H2,1H3. The number of rotatable bonds is 4. The van der Waals surface area contributed by atoms with Gasteiger partial charge in [0.05, 0.1) is 18.2 Å². The molecule has 0 radical (unpaired) electrons. The van der Waals surface area contributed by atoms with Crippen molar-refractivity contribution in [2.75, 3.05) is 25.0 Å². The van der Waals surface area contributed by atoms with Gasteiger partial charge in [0.2, 0.25) is 0 Å². The molecule has 2 N–H and O–H groups in total. The lowest BCUT2D eigenvalue weighted by molar-refractivity contribution is 0.0678. The summed E-state index contributed by atoms with van der Waals surface area (Å²) in [5.41, 5.74) is 1.37. The van der Waals surface area contributed by atoms with E-state index in [1.807, 2.05) is 13.0 Å². The highest BCUT2D eigenvalue weighted by molar-refractivity contribution is 6.31. The molecule has 1 heterocycles. The summed E-state index contributed by atoms with van der Waals surface area (Å²) in [6, 6.07) is 5.21. The van der Waals surface area contributed by atoms with Gasteiger partial charge in [-0.25, -0.2) is 0 Å². The van der Waals surface area contributed by atoms with E-state index >= 15 is 0 Å². The Morgan fingerprint density at radius 2 is 2.37 bits per heavy atom. The Morgan fingerprint density at radius 3 is 3.05 bits per heavy atom. The molecule has 0 bridgehead atoms. The van der Waals surface area contributed by atoms with Crippen molar-refractivity contribution >= 4 is 23.2 Å². The van der Waals surface area contributed by atoms with E-state index in [9.17, 15) is 9.90 Å². The predicted molar refractivity (Wildman–Crippen MR) is 76.8 cm³/mol. The second kappa shape index (κ2) is 6.26. The average molecular weight is 283 g/mol. The van der Waals surface area contributed by atoms with Crippen LogP contribution in [0.4, 0.5) is 5.69 Å². The summed E-state index contributed by atoms with van der Waals surface area (Å²) in [4.78, 5) is 14.3. The molecule has 1 aliphatic heterocycles.